The van der Waals surface area contributed by atoms with Gasteiger partial charge < -0.3 is 15.0 Å². The van der Waals surface area contributed by atoms with Crippen LogP contribution in [0.5, 0.6) is 0 Å². The maximum absolute atomic E-state index is 12.3. The minimum atomic E-state index is -0.442. The Kier molecular flexibility index (Phi) is 5.67. The van der Waals surface area contributed by atoms with Gasteiger partial charge in [-0.05, 0) is 36.6 Å². The minimum absolute atomic E-state index is 0.234. The molecule has 0 saturated carbocycles. The first-order valence-corrected chi connectivity index (χ1v) is 10.2. The van der Waals surface area contributed by atoms with Crippen LogP contribution in [0.2, 0.25) is 0 Å². The molecule has 0 radical (unpaired) electrons. The molecule has 0 unspecified atom stereocenters. The van der Waals surface area contributed by atoms with Gasteiger partial charge in [0.15, 0.2) is 0 Å². The maximum atomic E-state index is 12.3. The summed E-state index contributed by atoms with van der Waals surface area (Å²) in [5.74, 6) is -0.676. The summed E-state index contributed by atoms with van der Waals surface area (Å²) in [7, 11) is 0. The molecule has 0 atom stereocenters. The van der Waals surface area contributed by atoms with Crippen molar-refractivity contribution in [2.75, 3.05) is 11.9 Å². The van der Waals surface area contributed by atoms with E-state index < -0.39 is 5.97 Å². The SMILES string of the molecule is CCOC(=O)c1c[nH]c2ncnc(-c3cccc(NC(=O)C=Cc4cccs4)c3)c12. The number of carbonyl (C=O) groups is 2. The lowest BCUT2D eigenvalue weighted by molar-refractivity contribution is -0.111. The van der Waals surface area contributed by atoms with Gasteiger partial charge in [0.05, 0.1) is 23.3 Å². The quantitative estimate of drug-likeness (QED) is 0.355. The molecule has 0 spiro atoms. The van der Waals surface area contributed by atoms with Gasteiger partial charge >= 0.3 is 5.97 Å². The van der Waals surface area contributed by atoms with Gasteiger partial charge in [0, 0.05) is 28.4 Å². The second-order valence-electron chi connectivity index (χ2n) is 6.29. The Balaban J connectivity index is 1.64. The van der Waals surface area contributed by atoms with Crippen LogP contribution in [0.15, 0.2) is 60.4 Å². The van der Waals surface area contributed by atoms with Crippen molar-refractivity contribution >= 4 is 46.0 Å². The van der Waals surface area contributed by atoms with Gasteiger partial charge in [-0.25, -0.2) is 14.8 Å². The molecule has 0 fully saturated rings. The number of carbonyl (C=O) groups excluding carboxylic acids is 2. The minimum Gasteiger partial charge on any atom is -0.462 e. The van der Waals surface area contributed by atoms with Crippen molar-refractivity contribution in [3.05, 3.63) is 70.8 Å². The molecule has 4 rings (SSSR count). The van der Waals surface area contributed by atoms with E-state index in [2.05, 4.69) is 20.3 Å². The smallest absolute Gasteiger partial charge is 0.340 e. The predicted octanol–water partition coefficient (Wildman–Crippen LogP) is 4.52. The second-order valence-corrected chi connectivity index (χ2v) is 7.27. The highest BCUT2D eigenvalue weighted by Crippen LogP contribution is 2.30. The lowest BCUT2D eigenvalue weighted by atomic mass is 10.1. The van der Waals surface area contributed by atoms with E-state index in [0.29, 0.717) is 28.0 Å². The number of thiophene rings is 1. The molecule has 0 saturated heterocycles. The van der Waals surface area contributed by atoms with E-state index in [1.54, 1.807) is 42.7 Å². The largest absolute Gasteiger partial charge is 0.462 e. The van der Waals surface area contributed by atoms with Gasteiger partial charge in [-0.2, -0.15) is 0 Å². The summed E-state index contributed by atoms with van der Waals surface area (Å²) in [6.45, 7) is 2.03. The van der Waals surface area contributed by atoms with Crippen molar-refractivity contribution in [2.24, 2.45) is 0 Å². The zero-order valence-electron chi connectivity index (χ0n) is 16.1. The molecule has 2 N–H and O–H groups in total. The van der Waals surface area contributed by atoms with Crippen molar-refractivity contribution < 1.29 is 14.3 Å². The first-order valence-electron chi connectivity index (χ1n) is 9.28. The summed E-state index contributed by atoms with van der Waals surface area (Å²) < 4.78 is 5.14. The normalized spacial score (nSPS) is 11.1. The number of fused-ring (bicyclic) bond motifs is 1. The van der Waals surface area contributed by atoms with E-state index in [9.17, 15) is 9.59 Å². The molecule has 3 heterocycles. The van der Waals surface area contributed by atoms with Crippen LogP contribution >= 0.6 is 11.3 Å². The standard InChI is InChI=1S/C22H18N4O3S/c1-2-29-22(28)17-12-23-21-19(17)20(24-13-25-21)14-5-3-6-15(11-14)26-18(27)9-8-16-7-4-10-30-16/h3-13H,2H2,1H3,(H,26,27)(H,23,24,25). The van der Waals surface area contributed by atoms with Crippen LogP contribution < -0.4 is 5.32 Å². The van der Waals surface area contributed by atoms with Crippen LogP contribution in [-0.4, -0.2) is 33.4 Å². The summed E-state index contributed by atoms with van der Waals surface area (Å²) in [6, 6.07) is 11.1. The fourth-order valence-corrected chi connectivity index (χ4v) is 3.64. The number of ether oxygens (including phenoxy) is 1. The number of hydrogen-bond donors (Lipinski definition) is 2. The number of nitrogens with zero attached hydrogens (tertiary/aromatic N) is 2. The van der Waals surface area contributed by atoms with Gasteiger partial charge in [0.2, 0.25) is 5.91 Å². The van der Waals surface area contributed by atoms with E-state index >= 15 is 0 Å². The average Bonchev–Trinajstić information content (AvgIpc) is 3.42. The van der Waals surface area contributed by atoms with E-state index in [0.717, 1.165) is 10.4 Å². The zero-order chi connectivity index (χ0) is 20.9. The monoisotopic (exact) mass is 418 g/mol. The van der Waals surface area contributed by atoms with Gasteiger partial charge in [0.25, 0.3) is 0 Å². The molecular formula is C22H18N4O3S. The molecule has 1 amide bonds. The fourth-order valence-electron chi connectivity index (χ4n) is 3.02. The lowest BCUT2D eigenvalue weighted by Crippen LogP contribution is -2.07. The molecule has 0 aliphatic heterocycles. The van der Waals surface area contributed by atoms with Crippen molar-refractivity contribution in [1.29, 1.82) is 0 Å². The van der Waals surface area contributed by atoms with Crippen LogP contribution in [0.1, 0.15) is 22.2 Å². The first-order chi connectivity index (χ1) is 14.7. The third-order valence-electron chi connectivity index (χ3n) is 4.31. The molecule has 0 aliphatic carbocycles. The Hall–Kier alpha value is -3.78. The summed E-state index contributed by atoms with van der Waals surface area (Å²) in [5, 5.41) is 5.38. The van der Waals surface area contributed by atoms with Crippen molar-refractivity contribution in [1.82, 2.24) is 15.0 Å². The molecule has 3 aromatic heterocycles. The molecule has 8 heteroatoms. The number of benzene rings is 1. The van der Waals surface area contributed by atoms with Crippen LogP contribution in [0.4, 0.5) is 5.69 Å². The maximum Gasteiger partial charge on any atom is 0.340 e. The van der Waals surface area contributed by atoms with Gasteiger partial charge in [-0.15, -0.1) is 11.3 Å². The number of anilines is 1. The van der Waals surface area contributed by atoms with Gasteiger partial charge in [-0.1, -0.05) is 18.2 Å². The van der Waals surface area contributed by atoms with Crippen LogP contribution in [0, 0.1) is 0 Å². The highest BCUT2D eigenvalue weighted by Gasteiger charge is 2.19. The lowest BCUT2D eigenvalue weighted by Gasteiger charge is -2.08. The number of H-pyrrole nitrogens is 1. The number of esters is 1. The van der Waals surface area contributed by atoms with E-state index in [4.69, 9.17) is 4.74 Å². The van der Waals surface area contributed by atoms with Crippen LogP contribution in [-0.2, 0) is 9.53 Å². The molecule has 0 aliphatic rings. The molecule has 7 nitrogen and oxygen atoms in total. The number of nitrogens with one attached hydrogen (secondary N) is 2. The molecule has 1 aromatic carbocycles. The summed E-state index contributed by atoms with van der Waals surface area (Å²) in [5.41, 5.74) is 2.85. The molecule has 0 bridgehead atoms. The Morgan fingerprint density at radius 1 is 1.23 bits per heavy atom. The summed E-state index contributed by atoms with van der Waals surface area (Å²) in [4.78, 5) is 37.1. The fraction of sp³-hybridized carbons (Fsp3) is 0.0909. The summed E-state index contributed by atoms with van der Waals surface area (Å²) >= 11 is 1.56. The highest BCUT2D eigenvalue weighted by molar-refractivity contribution is 7.10. The van der Waals surface area contributed by atoms with E-state index in [1.807, 2.05) is 29.6 Å². The number of hydrogen-bond acceptors (Lipinski definition) is 6. The molecular weight excluding hydrogens is 400 g/mol. The Bertz CT molecular complexity index is 1230. The molecule has 150 valence electrons. The van der Waals surface area contributed by atoms with Crippen molar-refractivity contribution in [3.8, 4) is 11.3 Å². The van der Waals surface area contributed by atoms with E-state index in [1.165, 1.54) is 12.4 Å². The van der Waals surface area contributed by atoms with Gasteiger partial charge in [-0.3, -0.25) is 4.79 Å². The first kappa shape index (κ1) is 19.5. The van der Waals surface area contributed by atoms with Crippen molar-refractivity contribution in [2.45, 2.75) is 6.92 Å². The number of aromatic nitrogens is 3. The van der Waals surface area contributed by atoms with Gasteiger partial charge in [0.1, 0.15) is 12.0 Å². The highest BCUT2D eigenvalue weighted by atomic mass is 32.1. The number of amides is 1. The molecule has 30 heavy (non-hydrogen) atoms. The van der Waals surface area contributed by atoms with E-state index in [-0.39, 0.29) is 12.5 Å². The molecule has 4 aromatic rings. The predicted molar refractivity (Wildman–Crippen MR) is 117 cm³/mol. The third kappa shape index (κ3) is 4.13. The van der Waals surface area contributed by atoms with Crippen molar-refractivity contribution in [3.63, 3.8) is 0 Å². The zero-order valence-corrected chi connectivity index (χ0v) is 16.9. The third-order valence-corrected chi connectivity index (χ3v) is 5.15. The number of rotatable bonds is 6. The average molecular weight is 418 g/mol. The summed E-state index contributed by atoms with van der Waals surface area (Å²) in [6.07, 6.45) is 6.26. The Morgan fingerprint density at radius 3 is 2.93 bits per heavy atom. The Morgan fingerprint density at radius 2 is 2.13 bits per heavy atom. The van der Waals surface area contributed by atoms with Crippen LogP contribution in [0.3, 0.4) is 0 Å². The second kappa shape index (κ2) is 8.71. The number of aromatic amines is 1. The van der Waals surface area contributed by atoms with Crippen LogP contribution in [0.25, 0.3) is 28.4 Å². The topological polar surface area (TPSA) is 97.0 Å². The Labute approximate surface area is 176 Å².